The van der Waals surface area contributed by atoms with Crippen LogP contribution in [0, 0.1) is 12.7 Å². The number of carbonyl (C=O) groups excluding carboxylic acids is 1. The molecule has 8 heteroatoms. The van der Waals surface area contributed by atoms with E-state index in [4.69, 9.17) is 4.74 Å². The van der Waals surface area contributed by atoms with Crippen LogP contribution in [-0.2, 0) is 25.3 Å². The second-order valence-corrected chi connectivity index (χ2v) is 8.32. The number of carbonyl (C=O) groups is 1. The summed E-state index contributed by atoms with van der Waals surface area (Å²) in [6.45, 7) is 2.16. The highest BCUT2D eigenvalue weighted by Crippen LogP contribution is 2.20. The fourth-order valence-electron chi connectivity index (χ4n) is 2.86. The Bertz CT molecular complexity index is 916. The predicted octanol–water partition coefficient (Wildman–Crippen LogP) is 1.99. The van der Waals surface area contributed by atoms with Crippen molar-refractivity contribution in [2.45, 2.75) is 18.8 Å². The molecule has 0 bridgehead atoms. The summed E-state index contributed by atoms with van der Waals surface area (Å²) < 4.78 is 45.4. The summed E-state index contributed by atoms with van der Waals surface area (Å²) >= 11 is 0. The summed E-state index contributed by atoms with van der Waals surface area (Å²) in [5.41, 5.74) is 2.29. The second kappa shape index (κ2) is 8.16. The quantitative estimate of drug-likeness (QED) is 0.816. The molecular weight excluding hydrogens is 371 g/mol. The molecule has 1 aliphatic heterocycles. The molecule has 0 aromatic heterocycles. The lowest BCUT2D eigenvalue weighted by Gasteiger charge is -2.33. The van der Waals surface area contributed by atoms with Crippen LogP contribution in [-0.4, -0.2) is 40.1 Å². The standard InChI is InChI=1S/C19H21FN2O4S/c1-14-3-2-4-17(9-14)22-11-18(26-12-19(22)23)10-21-27(24,25)13-15-5-7-16(20)8-6-15/h2-9,18,21H,10-13H2,1H3. The monoisotopic (exact) mass is 392 g/mol. The number of halogens is 1. The van der Waals surface area contributed by atoms with Gasteiger partial charge in [-0.3, -0.25) is 4.79 Å². The van der Waals surface area contributed by atoms with E-state index in [0.717, 1.165) is 11.3 Å². The summed E-state index contributed by atoms with van der Waals surface area (Å²) in [5.74, 6) is -0.827. The minimum atomic E-state index is -3.61. The molecule has 1 unspecified atom stereocenters. The maximum atomic E-state index is 12.9. The lowest BCUT2D eigenvalue weighted by Crippen LogP contribution is -2.50. The van der Waals surface area contributed by atoms with Crippen LogP contribution >= 0.6 is 0 Å². The van der Waals surface area contributed by atoms with Crippen LogP contribution in [0.2, 0.25) is 0 Å². The molecule has 1 aliphatic rings. The summed E-state index contributed by atoms with van der Waals surface area (Å²) in [5, 5.41) is 0. The van der Waals surface area contributed by atoms with Gasteiger partial charge in [-0.1, -0.05) is 24.3 Å². The maximum absolute atomic E-state index is 12.9. The molecule has 3 rings (SSSR count). The first-order valence-electron chi connectivity index (χ1n) is 8.53. The summed E-state index contributed by atoms with van der Waals surface area (Å²) in [6.07, 6.45) is -0.453. The van der Waals surface area contributed by atoms with E-state index in [0.29, 0.717) is 5.56 Å². The zero-order valence-corrected chi connectivity index (χ0v) is 15.7. The van der Waals surface area contributed by atoms with Gasteiger partial charge in [0.2, 0.25) is 10.0 Å². The highest BCUT2D eigenvalue weighted by molar-refractivity contribution is 7.88. The normalized spacial score (nSPS) is 17.9. The molecule has 0 spiro atoms. The predicted molar refractivity (Wildman–Crippen MR) is 100 cm³/mol. The second-order valence-electron chi connectivity index (χ2n) is 6.51. The number of ether oxygens (including phenoxy) is 1. The molecule has 0 radical (unpaired) electrons. The Morgan fingerprint density at radius 1 is 1.22 bits per heavy atom. The van der Waals surface area contributed by atoms with Gasteiger partial charge in [0, 0.05) is 12.2 Å². The molecular formula is C19H21FN2O4S. The highest BCUT2D eigenvalue weighted by Gasteiger charge is 2.28. The van der Waals surface area contributed by atoms with Gasteiger partial charge < -0.3 is 9.64 Å². The lowest BCUT2D eigenvalue weighted by molar-refractivity contribution is -0.129. The van der Waals surface area contributed by atoms with Crippen molar-refractivity contribution in [1.82, 2.24) is 4.72 Å². The van der Waals surface area contributed by atoms with E-state index >= 15 is 0 Å². The summed E-state index contributed by atoms with van der Waals surface area (Å²) in [7, 11) is -3.61. The van der Waals surface area contributed by atoms with E-state index < -0.39 is 21.9 Å². The Hall–Kier alpha value is -2.29. The molecule has 1 amide bonds. The van der Waals surface area contributed by atoms with Crippen LogP contribution in [0.1, 0.15) is 11.1 Å². The molecule has 2 aromatic rings. The van der Waals surface area contributed by atoms with E-state index in [9.17, 15) is 17.6 Å². The Balaban J connectivity index is 1.60. The number of amides is 1. The van der Waals surface area contributed by atoms with Crippen molar-refractivity contribution in [3.63, 3.8) is 0 Å². The van der Waals surface area contributed by atoms with Crippen molar-refractivity contribution in [3.8, 4) is 0 Å². The van der Waals surface area contributed by atoms with Crippen molar-refractivity contribution in [2.24, 2.45) is 0 Å². The Labute approximate surface area is 158 Å². The van der Waals surface area contributed by atoms with Crippen molar-refractivity contribution in [1.29, 1.82) is 0 Å². The van der Waals surface area contributed by atoms with E-state index in [1.165, 1.54) is 24.3 Å². The zero-order valence-electron chi connectivity index (χ0n) is 14.9. The average molecular weight is 392 g/mol. The number of anilines is 1. The van der Waals surface area contributed by atoms with E-state index in [1.807, 2.05) is 31.2 Å². The number of morpholine rings is 1. The van der Waals surface area contributed by atoms with Gasteiger partial charge in [0.05, 0.1) is 18.4 Å². The van der Waals surface area contributed by atoms with Gasteiger partial charge in [-0.05, 0) is 42.3 Å². The molecule has 1 heterocycles. The van der Waals surface area contributed by atoms with Gasteiger partial charge in [-0.25, -0.2) is 17.5 Å². The van der Waals surface area contributed by atoms with Crippen LogP contribution in [0.25, 0.3) is 0 Å². The Morgan fingerprint density at radius 3 is 2.67 bits per heavy atom. The first-order valence-corrected chi connectivity index (χ1v) is 10.2. The Morgan fingerprint density at radius 2 is 1.96 bits per heavy atom. The highest BCUT2D eigenvalue weighted by atomic mass is 32.2. The third kappa shape index (κ3) is 5.35. The zero-order chi connectivity index (χ0) is 19.4. The number of aryl methyl sites for hydroxylation is 1. The first kappa shape index (κ1) is 19.5. The molecule has 6 nitrogen and oxygen atoms in total. The van der Waals surface area contributed by atoms with Crippen LogP contribution in [0.15, 0.2) is 48.5 Å². The van der Waals surface area contributed by atoms with Crippen molar-refractivity contribution < 1.29 is 22.3 Å². The van der Waals surface area contributed by atoms with Gasteiger partial charge in [-0.15, -0.1) is 0 Å². The summed E-state index contributed by atoms with van der Waals surface area (Å²) in [4.78, 5) is 13.8. The number of nitrogens with one attached hydrogen (secondary N) is 1. The molecule has 1 atom stereocenters. The first-order chi connectivity index (χ1) is 12.8. The van der Waals surface area contributed by atoms with Gasteiger partial charge in [0.15, 0.2) is 0 Å². The third-order valence-corrected chi connectivity index (χ3v) is 5.56. The Kier molecular flexibility index (Phi) is 5.88. The van der Waals surface area contributed by atoms with Crippen LogP contribution < -0.4 is 9.62 Å². The van der Waals surface area contributed by atoms with Gasteiger partial charge in [-0.2, -0.15) is 0 Å². The molecule has 1 saturated heterocycles. The molecule has 1 fully saturated rings. The van der Waals surface area contributed by atoms with Gasteiger partial charge in [0.25, 0.3) is 5.91 Å². The van der Waals surface area contributed by atoms with Crippen LogP contribution in [0.4, 0.5) is 10.1 Å². The molecule has 0 aliphatic carbocycles. The lowest BCUT2D eigenvalue weighted by atomic mass is 10.2. The van der Waals surface area contributed by atoms with Gasteiger partial charge in [0.1, 0.15) is 12.4 Å². The number of benzene rings is 2. The summed E-state index contributed by atoms with van der Waals surface area (Å²) in [6, 6.07) is 12.9. The van der Waals surface area contributed by atoms with Crippen LogP contribution in [0.5, 0.6) is 0 Å². The van der Waals surface area contributed by atoms with Crippen LogP contribution in [0.3, 0.4) is 0 Å². The molecule has 0 saturated carbocycles. The SMILES string of the molecule is Cc1cccc(N2CC(CNS(=O)(=O)Cc3ccc(F)cc3)OCC2=O)c1. The maximum Gasteiger partial charge on any atom is 0.253 e. The minimum absolute atomic E-state index is 0.0547. The molecule has 2 aromatic carbocycles. The van der Waals surface area contributed by atoms with Crippen molar-refractivity contribution in [3.05, 3.63) is 65.5 Å². The fourth-order valence-corrected chi connectivity index (χ4v) is 4.04. The van der Waals surface area contributed by atoms with Crippen molar-refractivity contribution >= 4 is 21.6 Å². The van der Waals surface area contributed by atoms with E-state index in [2.05, 4.69) is 4.72 Å². The number of rotatable bonds is 6. The van der Waals surface area contributed by atoms with Gasteiger partial charge >= 0.3 is 0 Å². The fraction of sp³-hybridized carbons (Fsp3) is 0.316. The largest absolute Gasteiger partial charge is 0.365 e. The number of hydrogen-bond donors (Lipinski definition) is 1. The number of hydrogen-bond acceptors (Lipinski definition) is 4. The van der Waals surface area contributed by atoms with Crippen molar-refractivity contribution in [2.75, 3.05) is 24.6 Å². The molecule has 144 valence electrons. The minimum Gasteiger partial charge on any atom is -0.365 e. The smallest absolute Gasteiger partial charge is 0.253 e. The topological polar surface area (TPSA) is 75.7 Å². The molecule has 27 heavy (non-hydrogen) atoms. The van der Waals surface area contributed by atoms with E-state index in [1.54, 1.807) is 4.90 Å². The molecule has 1 N–H and O–H groups in total. The average Bonchev–Trinajstić information content (AvgIpc) is 2.63. The number of sulfonamides is 1. The number of nitrogens with zero attached hydrogens (tertiary/aromatic N) is 1. The van der Waals surface area contributed by atoms with E-state index in [-0.39, 0.29) is 31.4 Å². The third-order valence-electron chi connectivity index (χ3n) is 4.24.